The third kappa shape index (κ3) is 4.10. The Hall–Kier alpha value is -2.29. The Bertz CT molecular complexity index is 602. The normalized spacial score (nSPS) is 10.3. The van der Waals surface area contributed by atoms with Crippen molar-refractivity contribution < 1.29 is 14.3 Å². The lowest BCUT2D eigenvalue weighted by molar-refractivity contribution is 0.103. The standard InChI is InChI=1S/C19H22O3/c1-3-5-14-22-16-12-10-15(11-13-16)19(20)17-8-6-7-9-18(17)21-4-2/h6-13H,3-5,14H2,1-2H3. The minimum absolute atomic E-state index is 0.0378. The van der Waals surface area contributed by atoms with Gasteiger partial charge in [0.1, 0.15) is 11.5 Å². The first kappa shape index (κ1) is 16.1. The van der Waals surface area contributed by atoms with Crippen molar-refractivity contribution in [1.82, 2.24) is 0 Å². The average molecular weight is 298 g/mol. The van der Waals surface area contributed by atoms with Gasteiger partial charge in [-0.1, -0.05) is 25.5 Å². The third-order valence-corrected chi connectivity index (χ3v) is 3.31. The third-order valence-electron chi connectivity index (χ3n) is 3.31. The first-order valence-corrected chi connectivity index (χ1v) is 7.75. The number of unbranched alkanes of at least 4 members (excludes halogenated alkanes) is 1. The predicted octanol–water partition coefficient (Wildman–Crippen LogP) is 4.50. The van der Waals surface area contributed by atoms with E-state index in [1.54, 1.807) is 18.2 Å². The van der Waals surface area contributed by atoms with Crippen molar-refractivity contribution in [3.63, 3.8) is 0 Å². The topological polar surface area (TPSA) is 35.5 Å². The van der Waals surface area contributed by atoms with Crippen LogP contribution >= 0.6 is 0 Å². The van der Waals surface area contributed by atoms with Gasteiger partial charge in [0.2, 0.25) is 0 Å². The van der Waals surface area contributed by atoms with Gasteiger partial charge in [-0.25, -0.2) is 0 Å². The summed E-state index contributed by atoms with van der Waals surface area (Å²) in [6, 6.07) is 14.6. The van der Waals surface area contributed by atoms with Crippen LogP contribution in [0.5, 0.6) is 11.5 Å². The lowest BCUT2D eigenvalue weighted by Crippen LogP contribution is -2.05. The minimum atomic E-state index is -0.0378. The Kier molecular flexibility index (Phi) is 6.01. The number of carbonyl (C=O) groups is 1. The smallest absolute Gasteiger partial charge is 0.196 e. The molecule has 2 aromatic rings. The van der Waals surface area contributed by atoms with Crippen molar-refractivity contribution in [3.8, 4) is 11.5 Å². The molecule has 0 aliphatic rings. The van der Waals surface area contributed by atoms with Crippen LogP contribution in [0.4, 0.5) is 0 Å². The molecule has 0 amide bonds. The maximum absolute atomic E-state index is 12.6. The van der Waals surface area contributed by atoms with Gasteiger partial charge in [-0.05, 0) is 49.7 Å². The highest BCUT2D eigenvalue weighted by molar-refractivity contribution is 6.10. The molecule has 3 nitrogen and oxygen atoms in total. The summed E-state index contributed by atoms with van der Waals surface area (Å²) in [5, 5.41) is 0. The van der Waals surface area contributed by atoms with Gasteiger partial charge in [0.25, 0.3) is 0 Å². The molecule has 0 atom stereocenters. The second-order valence-corrected chi connectivity index (χ2v) is 4.98. The van der Waals surface area contributed by atoms with Crippen LogP contribution in [0.2, 0.25) is 0 Å². The van der Waals surface area contributed by atoms with Crippen LogP contribution in [0.1, 0.15) is 42.6 Å². The summed E-state index contributed by atoms with van der Waals surface area (Å²) >= 11 is 0. The quantitative estimate of drug-likeness (QED) is 0.532. The molecule has 0 aliphatic carbocycles. The Morgan fingerprint density at radius 3 is 2.36 bits per heavy atom. The summed E-state index contributed by atoms with van der Waals surface area (Å²) in [5.41, 5.74) is 1.22. The Morgan fingerprint density at radius 1 is 0.955 bits per heavy atom. The molecule has 0 heterocycles. The summed E-state index contributed by atoms with van der Waals surface area (Å²) in [4.78, 5) is 12.6. The van der Waals surface area contributed by atoms with Crippen LogP contribution in [0.25, 0.3) is 0 Å². The summed E-state index contributed by atoms with van der Waals surface area (Å²) in [7, 11) is 0. The van der Waals surface area contributed by atoms with E-state index >= 15 is 0 Å². The highest BCUT2D eigenvalue weighted by atomic mass is 16.5. The molecular weight excluding hydrogens is 276 g/mol. The van der Waals surface area contributed by atoms with E-state index < -0.39 is 0 Å². The lowest BCUT2D eigenvalue weighted by Gasteiger charge is -2.10. The molecule has 0 saturated heterocycles. The van der Waals surface area contributed by atoms with Crippen LogP contribution in [-0.4, -0.2) is 19.0 Å². The first-order chi connectivity index (χ1) is 10.8. The van der Waals surface area contributed by atoms with Crippen molar-refractivity contribution in [3.05, 3.63) is 59.7 Å². The Balaban J connectivity index is 2.13. The van der Waals surface area contributed by atoms with E-state index in [2.05, 4.69) is 6.92 Å². The molecule has 0 spiro atoms. The lowest BCUT2D eigenvalue weighted by atomic mass is 10.0. The van der Waals surface area contributed by atoms with E-state index in [1.165, 1.54) is 0 Å². The molecule has 0 aromatic heterocycles. The van der Waals surface area contributed by atoms with Crippen LogP contribution in [-0.2, 0) is 0 Å². The molecule has 0 saturated carbocycles. The number of para-hydroxylation sites is 1. The summed E-state index contributed by atoms with van der Waals surface area (Å²) in [5.74, 6) is 1.38. The maximum atomic E-state index is 12.6. The average Bonchev–Trinajstić information content (AvgIpc) is 2.56. The number of benzene rings is 2. The van der Waals surface area contributed by atoms with Crippen molar-refractivity contribution in [2.75, 3.05) is 13.2 Å². The van der Waals surface area contributed by atoms with Crippen LogP contribution in [0, 0.1) is 0 Å². The Labute approximate surface area is 131 Å². The van der Waals surface area contributed by atoms with Gasteiger partial charge in [-0.3, -0.25) is 4.79 Å². The largest absolute Gasteiger partial charge is 0.494 e. The van der Waals surface area contributed by atoms with Crippen molar-refractivity contribution in [2.24, 2.45) is 0 Å². The second kappa shape index (κ2) is 8.23. The monoisotopic (exact) mass is 298 g/mol. The first-order valence-electron chi connectivity index (χ1n) is 7.75. The summed E-state index contributed by atoms with van der Waals surface area (Å²) in [6.07, 6.45) is 2.13. The number of rotatable bonds is 8. The molecule has 0 bridgehead atoms. The maximum Gasteiger partial charge on any atom is 0.196 e. The van der Waals surface area contributed by atoms with E-state index in [-0.39, 0.29) is 5.78 Å². The number of hydrogen-bond donors (Lipinski definition) is 0. The van der Waals surface area contributed by atoms with E-state index in [9.17, 15) is 4.79 Å². The van der Waals surface area contributed by atoms with Gasteiger partial charge >= 0.3 is 0 Å². The van der Waals surface area contributed by atoms with Gasteiger partial charge in [-0.2, -0.15) is 0 Å². The van der Waals surface area contributed by atoms with Crippen molar-refractivity contribution in [1.29, 1.82) is 0 Å². The molecule has 0 unspecified atom stereocenters. The number of carbonyl (C=O) groups excluding carboxylic acids is 1. The van der Waals surface area contributed by atoms with Crippen molar-refractivity contribution >= 4 is 5.78 Å². The molecule has 0 radical (unpaired) electrons. The fourth-order valence-corrected chi connectivity index (χ4v) is 2.13. The van der Waals surface area contributed by atoms with Crippen LogP contribution in [0.15, 0.2) is 48.5 Å². The van der Waals surface area contributed by atoms with E-state index in [4.69, 9.17) is 9.47 Å². The number of hydrogen-bond acceptors (Lipinski definition) is 3. The van der Waals surface area contributed by atoms with Gasteiger partial charge in [0.15, 0.2) is 5.78 Å². The SMILES string of the molecule is CCCCOc1ccc(C(=O)c2ccccc2OCC)cc1. The highest BCUT2D eigenvalue weighted by Gasteiger charge is 2.14. The van der Waals surface area contributed by atoms with E-state index in [0.717, 1.165) is 18.6 Å². The second-order valence-electron chi connectivity index (χ2n) is 4.98. The fraction of sp³-hybridized carbons (Fsp3) is 0.316. The van der Waals surface area contributed by atoms with Crippen molar-refractivity contribution in [2.45, 2.75) is 26.7 Å². The molecule has 0 N–H and O–H groups in total. The number of ketones is 1. The van der Waals surface area contributed by atoms with Crippen LogP contribution < -0.4 is 9.47 Å². The molecule has 0 aliphatic heterocycles. The molecule has 116 valence electrons. The zero-order valence-corrected chi connectivity index (χ0v) is 13.2. The molecule has 22 heavy (non-hydrogen) atoms. The molecule has 2 rings (SSSR count). The molecule has 2 aromatic carbocycles. The summed E-state index contributed by atoms with van der Waals surface area (Å²) < 4.78 is 11.1. The molecule has 3 heteroatoms. The summed E-state index contributed by atoms with van der Waals surface area (Å²) in [6.45, 7) is 5.27. The zero-order valence-electron chi connectivity index (χ0n) is 13.2. The zero-order chi connectivity index (χ0) is 15.8. The van der Waals surface area contributed by atoms with Gasteiger partial charge < -0.3 is 9.47 Å². The molecular formula is C19H22O3. The van der Waals surface area contributed by atoms with Crippen LogP contribution in [0.3, 0.4) is 0 Å². The number of ether oxygens (including phenoxy) is 2. The minimum Gasteiger partial charge on any atom is -0.494 e. The predicted molar refractivity (Wildman–Crippen MR) is 87.9 cm³/mol. The Morgan fingerprint density at radius 2 is 1.68 bits per heavy atom. The fourth-order valence-electron chi connectivity index (χ4n) is 2.13. The van der Waals surface area contributed by atoms with Gasteiger partial charge in [0, 0.05) is 5.56 Å². The van der Waals surface area contributed by atoms with E-state index in [0.29, 0.717) is 30.1 Å². The molecule has 0 fully saturated rings. The van der Waals surface area contributed by atoms with Gasteiger partial charge in [0.05, 0.1) is 18.8 Å². The highest BCUT2D eigenvalue weighted by Crippen LogP contribution is 2.22. The van der Waals surface area contributed by atoms with Gasteiger partial charge in [-0.15, -0.1) is 0 Å². The van der Waals surface area contributed by atoms with E-state index in [1.807, 2.05) is 37.3 Å².